The monoisotopic (exact) mass is 554 g/mol. The molecular weight excluding hydrogens is 515 g/mol. The molecule has 0 bridgehead atoms. The largest absolute Gasteiger partial charge is 0.460 e. The minimum atomic E-state index is -3.91. The summed E-state index contributed by atoms with van der Waals surface area (Å²) in [5.41, 5.74) is 0.939. The lowest BCUT2D eigenvalue weighted by Crippen LogP contribution is -2.27. The van der Waals surface area contributed by atoms with Gasteiger partial charge in [0.05, 0.1) is 36.3 Å². The summed E-state index contributed by atoms with van der Waals surface area (Å²) in [6.07, 6.45) is 1.15. The Hall–Kier alpha value is -2.89. The number of carbonyl (C=O) groups is 1. The number of esters is 1. The van der Waals surface area contributed by atoms with Gasteiger partial charge in [-0.3, -0.25) is 4.79 Å². The highest BCUT2D eigenvalue weighted by molar-refractivity contribution is 7.86. The van der Waals surface area contributed by atoms with Gasteiger partial charge in [0, 0.05) is 17.5 Å². The molecule has 0 radical (unpaired) electrons. The first-order chi connectivity index (χ1) is 17.5. The fourth-order valence-corrected chi connectivity index (χ4v) is 3.64. The van der Waals surface area contributed by atoms with Gasteiger partial charge in [0.25, 0.3) is 0 Å². The third-order valence-electron chi connectivity index (χ3n) is 4.67. The van der Waals surface area contributed by atoms with Gasteiger partial charge in [0.2, 0.25) is 0 Å². The van der Waals surface area contributed by atoms with Crippen molar-refractivity contribution >= 4 is 22.2 Å². The molecule has 11 heteroatoms. The fraction of sp³-hybridized carbons (Fsp3) is 0.519. The Morgan fingerprint density at radius 3 is 2.18 bits per heavy atom. The highest BCUT2D eigenvalue weighted by atomic mass is 32.2. The number of aromatic nitrogens is 2. The molecule has 212 valence electrons. The van der Waals surface area contributed by atoms with Crippen molar-refractivity contribution in [3.63, 3.8) is 0 Å². The van der Waals surface area contributed by atoms with Crippen molar-refractivity contribution < 1.29 is 36.7 Å². The van der Waals surface area contributed by atoms with Gasteiger partial charge in [0.15, 0.2) is 0 Å². The van der Waals surface area contributed by atoms with Gasteiger partial charge in [-0.25, -0.2) is 4.39 Å². The van der Waals surface area contributed by atoms with E-state index in [1.54, 1.807) is 26.8 Å². The molecule has 1 aromatic carbocycles. The van der Waals surface area contributed by atoms with E-state index in [2.05, 4.69) is 9.97 Å². The van der Waals surface area contributed by atoms with E-state index >= 15 is 0 Å². The van der Waals surface area contributed by atoms with Crippen LogP contribution < -0.4 is 4.18 Å². The number of benzene rings is 1. The van der Waals surface area contributed by atoms with Gasteiger partial charge in [-0.2, -0.15) is 18.4 Å². The molecule has 2 unspecified atom stereocenters. The number of hydrogen-bond donors (Lipinski definition) is 2. The van der Waals surface area contributed by atoms with Gasteiger partial charge in [-0.1, -0.05) is 39.8 Å². The number of rotatable bonds is 10. The second kappa shape index (κ2) is 14.3. The van der Waals surface area contributed by atoms with Crippen molar-refractivity contribution in [2.45, 2.75) is 85.0 Å². The summed E-state index contributed by atoms with van der Waals surface area (Å²) in [6, 6.07) is 5.04. The number of aliphatic hydroxyl groups is 2. The van der Waals surface area contributed by atoms with Crippen molar-refractivity contribution in [2.24, 2.45) is 0 Å². The summed E-state index contributed by atoms with van der Waals surface area (Å²) in [5, 5.41) is 20.7. The van der Waals surface area contributed by atoms with Crippen molar-refractivity contribution in [2.75, 3.05) is 6.26 Å². The van der Waals surface area contributed by atoms with Crippen LogP contribution in [0.1, 0.15) is 78.5 Å². The van der Waals surface area contributed by atoms with Crippen LogP contribution in [0.2, 0.25) is 0 Å². The zero-order valence-electron chi connectivity index (χ0n) is 23.2. The van der Waals surface area contributed by atoms with E-state index in [1.165, 1.54) is 30.3 Å². The summed E-state index contributed by atoms with van der Waals surface area (Å²) in [6.45, 7) is 12.8. The van der Waals surface area contributed by atoms with E-state index in [0.717, 1.165) is 6.26 Å². The normalized spacial score (nSPS) is 13.6. The molecule has 0 aliphatic heterocycles. The Kier molecular flexibility index (Phi) is 12.5. The molecule has 1 aromatic heterocycles. The molecule has 2 N–H and O–H groups in total. The molecule has 0 fully saturated rings. The molecule has 2 rings (SSSR count). The van der Waals surface area contributed by atoms with Crippen molar-refractivity contribution in [1.29, 1.82) is 0 Å². The first-order valence-corrected chi connectivity index (χ1v) is 14.2. The molecule has 0 amide bonds. The molecule has 38 heavy (non-hydrogen) atoms. The molecule has 9 nitrogen and oxygen atoms in total. The van der Waals surface area contributed by atoms with Crippen LogP contribution in [-0.2, 0) is 19.6 Å². The van der Waals surface area contributed by atoms with E-state index in [0.29, 0.717) is 16.8 Å². The van der Waals surface area contributed by atoms with Crippen molar-refractivity contribution in [1.82, 2.24) is 9.97 Å². The Morgan fingerprint density at radius 1 is 1.11 bits per heavy atom. The predicted molar refractivity (Wildman–Crippen MR) is 144 cm³/mol. The van der Waals surface area contributed by atoms with E-state index in [9.17, 15) is 27.8 Å². The van der Waals surface area contributed by atoms with E-state index in [4.69, 9.17) is 8.92 Å². The Balaban J connectivity index is 0.00000352. The summed E-state index contributed by atoms with van der Waals surface area (Å²) < 4.78 is 47.0. The second-order valence-corrected chi connectivity index (χ2v) is 11.3. The highest BCUT2D eigenvalue weighted by Gasteiger charge is 2.22. The molecular formula is C27H39FN2O7S. The molecule has 0 saturated carbocycles. The van der Waals surface area contributed by atoms with Crippen LogP contribution in [0.25, 0.3) is 17.3 Å². The summed E-state index contributed by atoms with van der Waals surface area (Å²) >= 11 is 0. The van der Waals surface area contributed by atoms with E-state index < -0.39 is 39.7 Å². The lowest BCUT2D eigenvalue weighted by atomic mass is 9.97. The summed E-state index contributed by atoms with van der Waals surface area (Å²) in [5.74, 6) is -1.25. The quantitative estimate of drug-likeness (QED) is 0.318. The molecule has 0 saturated heterocycles. The minimum absolute atomic E-state index is 0.130. The fourth-order valence-electron chi connectivity index (χ4n) is 3.29. The van der Waals surface area contributed by atoms with E-state index in [-0.39, 0.29) is 30.5 Å². The molecule has 0 aliphatic carbocycles. The number of ether oxygens (including phenoxy) is 1. The highest BCUT2D eigenvalue weighted by Crippen LogP contribution is 2.31. The van der Waals surface area contributed by atoms with Crippen LogP contribution in [0, 0.1) is 5.82 Å². The second-order valence-electron chi connectivity index (χ2n) is 9.71. The average molecular weight is 555 g/mol. The number of nitrogens with zero attached hydrogens (tertiary/aromatic N) is 2. The number of aliphatic hydroxyl groups excluding tert-OH is 2. The molecule has 2 atom stereocenters. The third-order valence-corrected chi connectivity index (χ3v) is 5.12. The first-order valence-electron chi connectivity index (χ1n) is 12.4. The zero-order valence-corrected chi connectivity index (χ0v) is 24.0. The maximum absolute atomic E-state index is 13.5. The van der Waals surface area contributed by atoms with Crippen LogP contribution in [0.15, 0.2) is 30.3 Å². The lowest BCUT2D eigenvalue weighted by Gasteiger charge is -2.21. The zero-order chi connectivity index (χ0) is 29.3. The molecule has 2 aromatic rings. The smallest absolute Gasteiger partial charge is 0.333 e. The van der Waals surface area contributed by atoms with Crippen molar-refractivity contribution in [3.8, 4) is 17.3 Å². The van der Waals surface area contributed by atoms with Gasteiger partial charge < -0.3 is 19.1 Å². The van der Waals surface area contributed by atoms with Crippen LogP contribution in [0.4, 0.5) is 4.39 Å². The third kappa shape index (κ3) is 11.7. The van der Waals surface area contributed by atoms with Crippen LogP contribution >= 0.6 is 0 Å². The average Bonchev–Trinajstić information content (AvgIpc) is 2.77. The van der Waals surface area contributed by atoms with Crippen LogP contribution in [0.5, 0.6) is 6.01 Å². The summed E-state index contributed by atoms with van der Waals surface area (Å²) in [4.78, 5) is 20.4. The molecule has 0 spiro atoms. The number of carbonyl (C=O) groups excluding carboxylic acids is 1. The van der Waals surface area contributed by atoms with Crippen molar-refractivity contribution in [3.05, 3.63) is 47.4 Å². The Bertz CT molecular complexity index is 1190. The van der Waals surface area contributed by atoms with Gasteiger partial charge in [-0.15, -0.1) is 0 Å². The number of hydrogen-bond acceptors (Lipinski definition) is 9. The van der Waals surface area contributed by atoms with Crippen LogP contribution in [0.3, 0.4) is 0 Å². The molecule has 0 aliphatic rings. The van der Waals surface area contributed by atoms with E-state index in [1.807, 2.05) is 27.7 Å². The Morgan fingerprint density at radius 2 is 1.68 bits per heavy atom. The topological polar surface area (TPSA) is 136 Å². The standard InChI is InChI=1S/C25H33FN2O7S.C2H6/c1-15(2)22-20(12-11-18(29)13-19(30)14-21(31)34-25(3,4)5)23(16-7-9-17(26)10-8-16)28-24(27-22)35-36(6,32)33;1-2/h7-12,15,18-19,29-30H,13-14H2,1-6H3;1-2H3/b12-11+;. The molecule has 1 heterocycles. The SMILES string of the molecule is CC.CC(C)c1nc(OS(C)(=O)=O)nc(-c2ccc(F)cc2)c1/C=C/C(O)CC(O)CC(=O)OC(C)(C)C. The maximum atomic E-state index is 13.5. The summed E-state index contributed by atoms with van der Waals surface area (Å²) in [7, 11) is -3.91. The predicted octanol–water partition coefficient (Wildman–Crippen LogP) is 4.63. The first kappa shape index (κ1) is 33.1. The van der Waals surface area contributed by atoms with Gasteiger partial charge in [-0.05, 0) is 51.0 Å². The maximum Gasteiger partial charge on any atom is 0.333 e. The van der Waals surface area contributed by atoms with Gasteiger partial charge >= 0.3 is 22.1 Å². The van der Waals surface area contributed by atoms with Gasteiger partial charge in [0.1, 0.15) is 11.4 Å². The van der Waals surface area contributed by atoms with Crippen LogP contribution in [-0.4, -0.2) is 58.6 Å². The lowest BCUT2D eigenvalue weighted by molar-refractivity contribution is -0.157. The Labute approximate surface area is 224 Å². The number of halogens is 1. The minimum Gasteiger partial charge on any atom is -0.460 e.